The number of hydrogen-bond acceptors (Lipinski definition) is 4. The second-order valence-corrected chi connectivity index (χ2v) is 4.55. The normalized spacial score (nSPS) is 11.7. The van der Waals surface area contributed by atoms with E-state index in [1.54, 1.807) is 0 Å². The number of nitrogens with one attached hydrogen (secondary N) is 1. The van der Waals surface area contributed by atoms with E-state index < -0.39 is 12.6 Å². The van der Waals surface area contributed by atoms with E-state index in [2.05, 4.69) is 5.32 Å². The molecule has 1 atom stereocenters. The molecule has 0 bridgehead atoms. The van der Waals surface area contributed by atoms with Gasteiger partial charge in [-0.3, -0.25) is 4.79 Å². The average Bonchev–Trinajstić information content (AvgIpc) is 2.38. The Labute approximate surface area is 116 Å². The molecular formula is C13H16ClNO4. The summed E-state index contributed by atoms with van der Waals surface area (Å²) < 4.78 is 4.80. The Kier molecular flexibility index (Phi) is 5.63. The molecule has 5 nitrogen and oxygen atoms in total. The third-order valence-corrected chi connectivity index (χ3v) is 2.77. The smallest absolute Gasteiger partial charge is 0.342 e. The first-order valence-corrected chi connectivity index (χ1v) is 6.26. The second-order valence-electron chi connectivity index (χ2n) is 4.11. The molecule has 0 fully saturated rings. The van der Waals surface area contributed by atoms with Crippen molar-refractivity contribution < 1.29 is 19.4 Å². The Hall–Kier alpha value is -1.75. The Morgan fingerprint density at radius 3 is 2.79 bits per heavy atom. The number of esters is 1. The molecule has 0 saturated heterocycles. The number of aromatic hydroxyl groups is 1. The zero-order valence-electron chi connectivity index (χ0n) is 10.8. The summed E-state index contributed by atoms with van der Waals surface area (Å²) in [6.45, 7) is 3.39. The molecule has 104 valence electrons. The van der Waals surface area contributed by atoms with Crippen LogP contribution >= 0.6 is 11.6 Å². The largest absolute Gasteiger partial charge is 0.507 e. The van der Waals surface area contributed by atoms with Crippen molar-refractivity contribution in [1.29, 1.82) is 0 Å². The fourth-order valence-corrected chi connectivity index (χ4v) is 1.47. The molecule has 0 saturated carbocycles. The summed E-state index contributed by atoms with van der Waals surface area (Å²) in [6.07, 6.45) is 0.786. The summed E-state index contributed by atoms with van der Waals surface area (Å²) in [5.41, 5.74) is -0.0659. The standard InChI is InChI=1S/C13H16ClNO4/c1-3-8(2)15-12(17)7-19-13(18)10-6-9(14)4-5-11(10)16/h4-6,8,16H,3,7H2,1-2H3,(H,15,17). The first-order chi connectivity index (χ1) is 8.93. The molecule has 0 radical (unpaired) electrons. The monoisotopic (exact) mass is 285 g/mol. The number of carbonyl (C=O) groups is 2. The predicted molar refractivity (Wildman–Crippen MR) is 71.3 cm³/mol. The summed E-state index contributed by atoms with van der Waals surface area (Å²) in [4.78, 5) is 23.1. The minimum Gasteiger partial charge on any atom is -0.507 e. The fraction of sp³-hybridized carbons (Fsp3) is 0.385. The second kappa shape index (κ2) is 6.99. The van der Waals surface area contributed by atoms with Gasteiger partial charge in [-0.2, -0.15) is 0 Å². The molecular weight excluding hydrogens is 270 g/mol. The number of amides is 1. The number of halogens is 1. The van der Waals surface area contributed by atoms with Crippen molar-refractivity contribution >= 4 is 23.5 Å². The van der Waals surface area contributed by atoms with Crippen LogP contribution in [-0.4, -0.2) is 29.6 Å². The lowest BCUT2D eigenvalue weighted by molar-refractivity contribution is -0.124. The van der Waals surface area contributed by atoms with Gasteiger partial charge in [0.2, 0.25) is 0 Å². The number of carbonyl (C=O) groups excluding carboxylic acids is 2. The van der Waals surface area contributed by atoms with Crippen molar-refractivity contribution in [2.75, 3.05) is 6.61 Å². The van der Waals surface area contributed by atoms with Gasteiger partial charge in [-0.15, -0.1) is 0 Å². The molecule has 6 heteroatoms. The first kappa shape index (κ1) is 15.3. The molecule has 0 spiro atoms. The molecule has 1 aromatic carbocycles. The maximum absolute atomic E-state index is 11.7. The van der Waals surface area contributed by atoms with E-state index >= 15 is 0 Å². The van der Waals surface area contributed by atoms with Crippen LogP contribution in [0.5, 0.6) is 5.75 Å². The lowest BCUT2D eigenvalue weighted by Crippen LogP contribution is -2.35. The maximum Gasteiger partial charge on any atom is 0.342 e. The van der Waals surface area contributed by atoms with Gasteiger partial charge < -0.3 is 15.2 Å². The van der Waals surface area contributed by atoms with Crippen LogP contribution < -0.4 is 5.32 Å². The number of ether oxygens (including phenoxy) is 1. The summed E-state index contributed by atoms with van der Waals surface area (Å²) in [6, 6.07) is 4.04. The lowest BCUT2D eigenvalue weighted by Gasteiger charge is -2.11. The van der Waals surface area contributed by atoms with Crippen LogP contribution in [0.1, 0.15) is 30.6 Å². The van der Waals surface area contributed by atoms with Crippen molar-refractivity contribution in [3.05, 3.63) is 28.8 Å². The molecule has 0 aliphatic rings. The highest BCUT2D eigenvalue weighted by Crippen LogP contribution is 2.22. The molecule has 0 aromatic heterocycles. The minimum absolute atomic E-state index is 0.0192. The molecule has 0 aliphatic heterocycles. The SMILES string of the molecule is CCC(C)NC(=O)COC(=O)c1cc(Cl)ccc1O. The summed E-state index contributed by atoms with van der Waals surface area (Å²) in [5, 5.41) is 12.5. The molecule has 1 rings (SSSR count). The molecule has 0 aliphatic carbocycles. The van der Waals surface area contributed by atoms with Crippen molar-refractivity contribution in [2.24, 2.45) is 0 Å². The van der Waals surface area contributed by atoms with Crippen molar-refractivity contribution in [3.8, 4) is 5.75 Å². The number of phenolic OH excluding ortho intramolecular Hbond substituents is 1. The molecule has 0 heterocycles. The minimum atomic E-state index is -0.792. The number of rotatable bonds is 5. The first-order valence-electron chi connectivity index (χ1n) is 5.89. The third kappa shape index (κ3) is 4.79. The van der Waals surface area contributed by atoms with Gasteiger partial charge in [0.1, 0.15) is 11.3 Å². The quantitative estimate of drug-likeness (QED) is 0.813. The molecule has 1 unspecified atom stereocenters. The van der Waals surface area contributed by atoms with E-state index in [0.717, 1.165) is 6.42 Å². The van der Waals surface area contributed by atoms with Gasteiger partial charge in [-0.05, 0) is 31.5 Å². The van der Waals surface area contributed by atoms with Crippen LogP contribution in [0.3, 0.4) is 0 Å². The molecule has 19 heavy (non-hydrogen) atoms. The van der Waals surface area contributed by atoms with Crippen LogP contribution in [0, 0.1) is 0 Å². The molecule has 1 amide bonds. The van der Waals surface area contributed by atoms with E-state index in [-0.39, 0.29) is 23.3 Å². The van der Waals surface area contributed by atoms with E-state index in [0.29, 0.717) is 5.02 Å². The van der Waals surface area contributed by atoms with Crippen LogP contribution in [-0.2, 0) is 9.53 Å². The zero-order valence-corrected chi connectivity index (χ0v) is 11.5. The Morgan fingerprint density at radius 2 is 2.16 bits per heavy atom. The van der Waals surface area contributed by atoms with E-state index in [9.17, 15) is 14.7 Å². The predicted octanol–water partition coefficient (Wildman–Crippen LogP) is 2.12. The van der Waals surface area contributed by atoms with E-state index in [1.807, 2.05) is 13.8 Å². The fourth-order valence-electron chi connectivity index (χ4n) is 1.30. The average molecular weight is 286 g/mol. The molecule has 1 aromatic rings. The van der Waals surface area contributed by atoms with Crippen molar-refractivity contribution in [3.63, 3.8) is 0 Å². The maximum atomic E-state index is 11.7. The van der Waals surface area contributed by atoms with Crippen LogP contribution in [0.15, 0.2) is 18.2 Å². The van der Waals surface area contributed by atoms with E-state index in [1.165, 1.54) is 18.2 Å². The van der Waals surface area contributed by atoms with Crippen LogP contribution in [0.25, 0.3) is 0 Å². The van der Waals surface area contributed by atoms with Gasteiger partial charge >= 0.3 is 5.97 Å². The lowest BCUT2D eigenvalue weighted by atomic mass is 10.2. The van der Waals surface area contributed by atoms with Gasteiger partial charge in [0.15, 0.2) is 6.61 Å². The Morgan fingerprint density at radius 1 is 1.47 bits per heavy atom. The topological polar surface area (TPSA) is 75.6 Å². The zero-order chi connectivity index (χ0) is 14.4. The van der Waals surface area contributed by atoms with Crippen molar-refractivity contribution in [1.82, 2.24) is 5.32 Å². The van der Waals surface area contributed by atoms with Crippen molar-refractivity contribution in [2.45, 2.75) is 26.3 Å². The van der Waals surface area contributed by atoms with Crippen LogP contribution in [0.2, 0.25) is 5.02 Å². The van der Waals surface area contributed by atoms with Crippen LogP contribution in [0.4, 0.5) is 0 Å². The van der Waals surface area contributed by atoms with Gasteiger partial charge in [0.25, 0.3) is 5.91 Å². The number of benzene rings is 1. The third-order valence-electron chi connectivity index (χ3n) is 2.53. The van der Waals surface area contributed by atoms with Gasteiger partial charge in [0, 0.05) is 11.1 Å². The summed E-state index contributed by atoms with van der Waals surface area (Å²) >= 11 is 5.71. The molecule has 2 N–H and O–H groups in total. The number of hydrogen-bond donors (Lipinski definition) is 2. The Bertz CT molecular complexity index is 476. The summed E-state index contributed by atoms with van der Waals surface area (Å²) in [5.74, 6) is -1.42. The summed E-state index contributed by atoms with van der Waals surface area (Å²) in [7, 11) is 0. The highest BCUT2D eigenvalue weighted by atomic mass is 35.5. The highest BCUT2D eigenvalue weighted by Gasteiger charge is 2.15. The van der Waals surface area contributed by atoms with Gasteiger partial charge in [-0.25, -0.2) is 4.79 Å². The van der Waals surface area contributed by atoms with E-state index in [4.69, 9.17) is 16.3 Å². The Balaban J connectivity index is 2.56. The van der Waals surface area contributed by atoms with Gasteiger partial charge in [-0.1, -0.05) is 18.5 Å². The van der Waals surface area contributed by atoms with Gasteiger partial charge in [0.05, 0.1) is 0 Å². The highest BCUT2D eigenvalue weighted by molar-refractivity contribution is 6.31. The number of phenols is 1.